The Morgan fingerprint density at radius 2 is 2.22 bits per heavy atom. The minimum atomic E-state index is -0.978. The highest BCUT2D eigenvalue weighted by molar-refractivity contribution is 9.10. The second-order valence-electron chi connectivity index (χ2n) is 4.45. The molecule has 2 rings (SSSR count). The zero-order chi connectivity index (χ0) is 13.5. The summed E-state index contributed by atoms with van der Waals surface area (Å²) in [6.45, 7) is 0. The predicted molar refractivity (Wildman–Crippen MR) is 65.5 cm³/mol. The molecule has 0 saturated heterocycles. The van der Waals surface area contributed by atoms with Crippen LogP contribution >= 0.6 is 15.9 Å². The maximum absolute atomic E-state index is 14.1. The Kier molecular flexibility index (Phi) is 3.23. The standard InChI is InChI=1S/C12H12BrFO4/c1-18-7-4-6(13)9(10(14)11(7)17)12(2-3-12)5-8(15)16/h4,17H,2-3,5H2,1H3,(H,15,16). The van der Waals surface area contributed by atoms with E-state index in [2.05, 4.69) is 15.9 Å². The minimum absolute atomic E-state index is 0.0225. The quantitative estimate of drug-likeness (QED) is 0.895. The Balaban J connectivity index is 2.52. The lowest BCUT2D eigenvalue weighted by Crippen LogP contribution is -2.15. The minimum Gasteiger partial charge on any atom is -0.502 e. The average Bonchev–Trinajstić information content (AvgIpc) is 3.03. The van der Waals surface area contributed by atoms with Gasteiger partial charge in [-0.15, -0.1) is 0 Å². The normalized spacial score (nSPS) is 16.4. The number of aromatic hydroxyl groups is 1. The van der Waals surface area contributed by atoms with Crippen molar-refractivity contribution in [2.75, 3.05) is 7.11 Å². The first-order chi connectivity index (χ1) is 8.41. The van der Waals surface area contributed by atoms with Gasteiger partial charge < -0.3 is 14.9 Å². The lowest BCUT2D eigenvalue weighted by molar-refractivity contribution is -0.137. The first-order valence-electron chi connectivity index (χ1n) is 5.38. The van der Waals surface area contributed by atoms with Gasteiger partial charge in [-0.05, 0) is 18.9 Å². The van der Waals surface area contributed by atoms with Crippen LogP contribution in [0.2, 0.25) is 0 Å². The molecule has 0 spiro atoms. The topological polar surface area (TPSA) is 66.8 Å². The molecule has 1 aliphatic rings. The summed E-state index contributed by atoms with van der Waals surface area (Å²) < 4.78 is 19.4. The molecule has 0 aromatic heterocycles. The first-order valence-corrected chi connectivity index (χ1v) is 6.18. The number of aliphatic carboxylic acids is 1. The Morgan fingerprint density at radius 1 is 1.61 bits per heavy atom. The van der Waals surface area contributed by atoms with Gasteiger partial charge in [0, 0.05) is 15.5 Å². The van der Waals surface area contributed by atoms with Gasteiger partial charge in [0.1, 0.15) is 0 Å². The molecule has 1 fully saturated rings. The monoisotopic (exact) mass is 318 g/mol. The lowest BCUT2D eigenvalue weighted by Gasteiger charge is -2.18. The van der Waals surface area contributed by atoms with Gasteiger partial charge in [-0.3, -0.25) is 4.79 Å². The van der Waals surface area contributed by atoms with Crippen molar-refractivity contribution in [3.63, 3.8) is 0 Å². The van der Waals surface area contributed by atoms with Gasteiger partial charge in [0.25, 0.3) is 0 Å². The molecule has 0 bridgehead atoms. The van der Waals surface area contributed by atoms with Crippen LogP contribution in [-0.2, 0) is 10.2 Å². The largest absolute Gasteiger partial charge is 0.502 e. The van der Waals surface area contributed by atoms with Crippen molar-refractivity contribution in [1.82, 2.24) is 0 Å². The molecule has 0 unspecified atom stereocenters. The van der Waals surface area contributed by atoms with E-state index in [4.69, 9.17) is 9.84 Å². The first kappa shape index (κ1) is 13.1. The van der Waals surface area contributed by atoms with E-state index < -0.39 is 23.0 Å². The number of carboxylic acid groups (broad SMARTS) is 1. The van der Waals surface area contributed by atoms with E-state index in [0.717, 1.165) is 0 Å². The van der Waals surface area contributed by atoms with Gasteiger partial charge in [-0.1, -0.05) is 15.9 Å². The van der Waals surface area contributed by atoms with Gasteiger partial charge in [0.2, 0.25) is 0 Å². The fourth-order valence-corrected chi connectivity index (χ4v) is 2.99. The van der Waals surface area contributed by atoms with Crippen LogP contribution in [0.15, 0.2) is 10.5 Å². The number of methoxy groups -OCH3 is 1. The summed E-state index contributed by atoms with van der Waals surface area (Å²) in [5, 5.41) is 18.5. The Labute approximate surface area is 112 Å². The third-order valence-corrected chi connectivity index (χ3v) is 3.88. The van der Waals surface area contributed by atoms with Crippen LogP contribution in [0.5, 0.6) is 11.5 Å². The predicted octanol–water partition coefficient (Wildman–Crippen LogP) is 2.81. The molecule has 98 valence electrons. The van der Waals surface area contributed by atoms with E-state index in [-0.39, 0.29) is 17.7 Å². The van der Waals surface area contributed by atoms with Crippen LogP contribution in [0, 0.1) is 5.82 Å². The van der Waals surface area contributed by atoms with E-state index in [1.807, 2.05) is 0 Å². The molecule has 0 atom stereocenters. The summed E-state index contributed by atoms with van der Waals surface area (Å²) in [5.74, 6) is -2.34. The van der Waals surface area contributed by atoms with Crippen LogP contribution in [0.3, 0.4) is 0 Å². The number of halogens is 2. The van der Waals surface area contributed by atoms with Crippen LogP contribution < -0.4 is 4.74 Å². The number of hydrogen-bond donors (Lipinski definition) is 2. The van der Waals surface area contributed by atoms with Crippen molar-refractivity contribution in [2.45, 2.75) is 24.7 Å². The van der Waals surface area contributed by atoms with Gasteiger partial charge in [-0.2, -0.15) is 0 Å². The Hall–Kier alpha value is -1.30. The molecule has 6 heteroatoms. The van der Waals surface area contributed by atoms with Crippen molar-refractivity contribution in [2.24, 2.45) is 0 Å². The number of phenols is 1. The smallest absolute Gasteiger partial charge is 0.304 e. The number of hydrogen-bond acceptors (Lipinski definition) is 3. The third-order valence-electron chi connectivity index (χ3n) is 3.25. The second kappa shape index (κ2) is 4.42. The van der Waals surface area contributed by atoms with E-state index >= 15 is 0 Å². The van der Waals surface area contributed by atoms with E-state index in [1.54, 1.807) is 0 Å². The van der Waals surface area contributed by atoms with Gasteiger partial charge in [0.15, 0.2) is 17.3 Å². The highest BCUT2D eigenvalue weighted by Crippen LogP contribution is 2.56. The number of benzene rings is 1. The molecular weight excluding hydrogens is 307 g/mol. The van der Waals surface area contributed by atoms with Crippen LogP contribution in [0.4, 0.5) is 4.39 Å². The average molecular weight is 319 g/mol. The number of rotatable bonds is 4. The number of carboxylic acids is 1. The van der Waals surface area contributed by atoms with Crippen molar-refractivity contribution in [1.29, 1.82) is 0 Å². The SMILES string of the molecule is COc1cc(Br)c(C2(CC(=O)O)CC2)c(F)c1O. The fraction of sp³-hybridized carbons (Fsp3) is 0.417. The van der Waals surface area contributed by atoms with Crippen molar-refractivity contribution >= 4 is 21.9 Å². The van der Waals surface area contributed by atoms with Gasteiger partial charge >= 0.3 is 5.97 Å². The molecule has 0 radical (unpaired) electrons. The van der Waals surface area contributed by atoms with Crippen LogP contribution in [0.1, 0.15) is 24.8 Å². The molecule has 2 N–H and O–H groups in total. The number of phenolic OH excluding ortho intramolecular Hbond substituents is 1. The highest BCUT2D eigenvalue weighted by atomic mass is 79.9. The van der Waals surface area contributed by atoms with Crippen molar-refractivity contribution in [3.05, 3.63) is 21.9 Å². The highest BCUT2D eigenvalue weighted by Gasteiger charge is 2.49. The summed E-state index contributed by atoms with van der Waals surface area (Å²) in [5.41, 5.74) is -0.485. The molecule has 18 heavy (non-hydrogen) atoms. The molecule has 4 nitrogen and oxygen atoms in total. The van der Waals surface area contributed by atoms with Gasteiger partial charge in [-0.25, -0.2) is 4.39 Å². The molecule has 1 saturated carbocycles. The van der Waals surface area contributed by atoms with Crippen molar-refractivity contribution in [3.8, 4) is 11.5 Å². The summed E-state index contributed by atoms with van der Waals surface area (Å²) in [7, 11) is 1.32. The fourth-order valence-electron chi connectivity index (χ4n) is 2.18. The zero-order valence-electron chi connectivity index (χ0n) is 9.67. The Bertz CT molecular complexity index is 511. The van der Waals surface area contributed by atoms with Crippen LogP contribution in [0.25, 0.3) is 0 Å². The van der Waals surface area contributed by atoms with E-state index in [0.29, 0.717) is 17.3 Å². The molecule has 0 aliphatic heterocycles. The zero-order valence-corrected chi connectivity index (χ0v) is 11.3. The summed E-state index contributed by atoms with van der Waals surface area (Å²) >= 11 is 3.21. The second-order valence-corrected chi connectivity index (χ2v) is 5.30. The summed E-state index contributed by atoms with van der Waals surface area (Å²) in [6, 6.07) is 1.45. The van der Waals surface area contributed by atoms with E-state index in [1.165, 1.54) is 13.2 Å². The maximum Gasteiger partial charge on any atom is 0.304 e. The van der Waals surface area contributed by atoms with E-state index in [9.17, 15) is 14.3 Å². The molecule has 1 aromatic rings. The number of carbonyl (C=O) groups is 1. The summed E-state index contributed by atoms with van der Waals surface area (Å²) in [4.78, 5) is 10.8. The third kappa shape index (κ3) is 2.05. The lowest BCUT2D eigenvalue weighted by atomic mass is 9.91. The number of ether oxygens (including phenoxy) is 1. The maximum atomic E-state index is 14.1. The molecule has 0 heterocycles. The Morgan fingerprint density at radius 3 is 2.67 bits per heavy atom. The van der Waals surface area contributed by atoms with Crippen molar-refractivity contribution < 1.29 is 24.1 Å². The summed E-state index contributed by atoms with van der Waals surface area (Å²) in [6.07, 6.45) is 1.05. The molecule has 1 aliphatic carbocycles. The molecule has 1 aromatic carbocycles. The molecular formula is C12H12BrFO4. The van der Waals surface area contributed by atoms with Gasteiger partial charge in [0.05, 0.1) is 13.5 Å². The van der Waals surface area contributed by atoms with Crippen LogP contribution in [-0.4, -0.2) is 23.3 Å². The molecule has 0 amide bonds.